The first-order valence-corrected chi connectivity index (χ1v) is 4.19. The Hall–Kier alpha value is -1.59. The maximum absolute atomic E-state index is 11.0. The van der Waals surface area contributed by atoms with Crippen molar-refractivity contribution in [3.63, 3.8) is 0 Å². The van der Waals surface area contributed by atoms with E-state index in [1.807, 2.05) is 12.1 Å². The lowest BCUT2D eigenvalue weighted by Gasteiger charge is -2.18. The number of nitrogens with zero attached hydrogens (tertiary/aromatic N) is 3. The largest absolute Gasteiger partial charge is 0.469 e. The summed E-state index contributed by atoms with van der Waals surface area (Å²) in [6, 6.07) is 3.88. The van der Waals surface area contributed by atoms with Gasteiger partial charge in [0, 0.05) is 6.54 Å². The number of carbonyl (C=O) groups excluding carboxylic acids is 1. The number of carbonyl (C=O) groups is 1. The molecule has 0 aromatic heterocycles. The van der Waals surface area contributed by atoms with E-state index in [1.165, 1.54) is 7.11 Å². The monoisotopic (exact) mass is 195 g/mol. The van der Waals surface area contributed by atoms with E-state index >= 15 is 0 Å². The summed E-state index contributed by atoms with van der Waals surface area (Å²) in [4.78, 5) is 12.6. The Bertz CT molecular complexity index is 248. The second-order valence-electron chi connectivity index (χ2n) is 2.91. The normalized spacial score (nSPS) is 11.5. The fourth-order valence-electron chi connectivity index (χ4n) is 1.05. The van der Waals surface area contributed by atoms with Gasteiger partial charge in [-0.15, -0.1) is 0 Å². The van der Waals surface area contributed by atoms with Crippen molar-refractivity contribution in [2.45, 2.75) is 6.92 Å². The number of methoxy groups -OCH3 is 1. The fraction of sp³-hybridized carbons (Fsp3) is 0.667. The van der Waals surface area contributed by atoms with Crippen LogP contribution < -0.4 is 0 Å². The summed E-state index contributed by atoms with van der Waals surface area (Å²) < 4.78 is 4.54. The van der Waals surface area contributed by atoms with Crippen molar-refractivity contribution in [2.75, 3.05) is 26.7 Å². The molecular formula is C9H13N3O2. The number of esters is 1. The van der Waals surface area contributed by atoms with Crippen LogP contribution in [0.3, 0.4) is 0 Å². The molecule has 14 heavy (non-hydrogen) atoms. The molecule has 5 heteroatoms. The number of ether oxygens (including phenoxy) is 1. The van der Waals surface area contributed by atoms with Gasteiger partial charge >= 0.3 is 5.97 Å². The first-order valence-electron chi connectivity index (χ1n) is 4.19. The van der Waals surface area contributed by atoms with E-state index < -0.39 is 0 Å². The maximum atomic E-state index is 11.0. The molecule has 0 saturated carbocycles. The molecule has 0 fully saturated rings. The summed E-state index contributed by atoms with van der Waals surface area (Å²) >= 11 is 0. The smallest absolute Gasteiger partial charge is 0.309 e. The zero-order valence-corrected chi connectivity index (χ0v) is 8.36. The van der Waals surface area contributed by atoms with Crippen LogP contribution in [-0.4, -0.2) is 37.6 Å². The minimum absolute atomic E-state index is 0.148. The molecule has 0 aromatic rings. The van der Waals surface area contributed by atoms with Gasteiger partial charge in [0.25, 0.3) is 0 Å². The van der Waals surface area contributed by atoms with Crippen molar-refractivity contribution < 1.29 is 9.53 Å². The maximum Gasteiger partial charge on any atom is 0.309 e. The summed E-state index contributed by atoms with van der Waals surface area (Å²) in [6.45, 7) is 2.37. The van der Waals surface area contributed by atoms with Crippen molar-refractivity contribution in [3.05, 3.63) is 0 Å². The average molecular weight is 195 g/mol. The highest BCUT2D eigenvalue weighted by atomic mass is 16.5. The Morgan fingerprint density at radius 2 is 1.93 bits per heavy atom. The van der Waals surface area contributed by atoms with Crippen LogP contribution in [0.5, 0.6) is 0 Å². The van der Waals surface area contributed by atoms with E-state index in [0.717, 1.165) is 0 Å². The van der Waals surface area contributed by atoms with Crippen molar-refractivity contribution in [1.82, 2.24) is 4.90 Å². The third-order valence-electron chi connectivity index (χ3n) is 1.72. The molecule has 0 aliphatic carbocycles. The standard InChI is InChI=1S/C9H13N3O2/c1-8(9(13)14-2)7-12(5-3-10)6-4-11/h8H,5-7H2,1-2H3. The van der Waals surface area contributed by atoms with E-state index in [9.17, 15) is 4.79 Å². The van der Waals surface area contributed by atoms with Gasteiger partial charge in [0.15, 0.2) is 0 Å². The first kappa shape index (κ1) is 12.4. The minimum atomic E-state index is -0.328. The molecule has 0 saturated heterocycles. The highest BCUT2D eigenvalue weighted by Gasteiger charge is 2.16. The molecular weight excluding hydrogens is 182 g/mol. The Morgan fingerprint density at radius 1 is 1.43 bits per heavy atom. The van der Waals surface area contributed by atoms with Gasteiger partial charge in [-0.05, 0) is 0 Å². The van der Waals surface area contributed by atoms with Crippen LogP contribution >= 0.6 is 0 Å². The highest BCUT2D eigenvalue weighted by Crippen LogP contribution is 2.01. The lowest BCUT2D eigenvalue weighted by atomic mass is 10.1. The summed E-state index contributed by atoms with van der Waals surface area (Å²) in [6.07, 6.45) is 0. The second kappa shape index (κ2) is 6.88. The number of nitriles is 2. The van der Waals surface area contributed by atoms with Crippen molar-refractivity contribution in [1.29, 1.82) is 10.5 Å². The van der Waals surface area contributed by atoms with Crippen LogP contribution in [0.2, 0.25) is 0 Å². The van der Waals surface area contributed by atoms with Gasteiger partial charge in [-0.1, -0.05) is 6.92 Å². The summed E-state index contributed by atoms with van der Waals surface area (Å²) in [5.41, 5.74) is 0. The van der Waals surface area contributed by atoms with E-state index in [4.69, 9.17) is 10.5 Å². The molecule has 0 N–H and O–H groups in total. The van der Waals surface area contributed by atoms with Gasteiger partial charge in [-0.3, -0.25) is 9.69 Å². The number of hydrogen-bond acceptors (Lipinski definition) is 5. The zero-order valence-electron chi connectivity index (χ0n) is 8.36. The van der Waals surface area contributed by atoms with Crippen LogP contribution in [0.4, 0.5) is 0 Å². The molecule has 0 rings (SSSR count). The minimum Gasteiger partial charge on any atom is -0.469 e. The Labute approximate surface area is 83.5 Å². The van der Waals surface area contributed by atoms with Crippen LogP contribution in [0.1, 0.15) is 6.92 Å². The van der Waals surface area contributed by atoms with Crippen molar-refractivity contribution in [2.24, 2.45) is 5.92 Å². The molecule has 0 bridgehead atoms. The predicted octanol–water partition coefficient (Wildman–Crippen LogP) is 0.145. The zero-order chi connectivity index (χ0) is 11.0. The Kier molecular flexibility index (Phi) is 6.09. The molecule has 1 unspecified atom stereocenters. The Morgan fingerprint density at radius 3 is 2.29 bits per heavy atom. The SMILES string of the molecule is COC(=O)C(C)CN(CC#N)CC#N. The van der Waals surface area contributed by atoms with Gasteiger partial charge in [0.2, 0.25) is 0 Å². The molecule has 0 spiro atoms. The lowest BCUT2D eigenvalue weighted by molar-refractivity contribution is -0.145. The van der Waals surface area contributed by atoms with Gasteiger partial charge < -0.3 is 4.74 Å². The quantitative estimate of drug-likeness (QED) is 0.460. The molecule has 76 valence electrons. The molecule has 0 amide bonds. The van der Waals surface area contributed by atoms with Crippen molar-refractivity contribution >= 4 is 5.97 Å². The average Bonchev–Trinajstić information content (AvgIpc) is 2.17. The number of rotatable bonds is 5. The van der Waals surface area contributed by atoms with Gasteiger partial charge in [0.1, 0.15) is 0 Å². The van der Waals surface area contributed by atoms with Crippen molar-refractivity contribution in [3.8, 4) is 12.1 Å². The van der Waals surface area contributed by atoms with Gasteiger partial charge in [0.05, 0.1) is 38.3 Å². The predicted molar refractivity (Wildman–Crippen MR) is 48.8 cm³/mol. The molecule has 1 atom stereocenters. The first-order chi connectivity index (χ1) is 6.65. The second-order valence-corrected chi connectivity index (χ2v) is 2.91. The summed E-state index contributed by atoms with van der Waals surface area (Å²) in [5, 5.41) is 16.9. The van der Waals surface area contributed by atoms with E-state index in [-0.39, 0.29) is 25.0 Å². The molecule has 0 aromatic carbocycles. The van der Waals surface area contributed by atoms with E-state index in [1.54, 1.807) is 11.8 Å². The van der Waals surface area contributed by atoms with Crippen LogP contribution in [-0.2, 0) is 9.53 Å². The molecule has 5 nitrogen and oxygen atoms in total. The van der Waals surface area contributed by atoms with Gasteiger partial charge in [-0.25, -0.2) is 0 Å². The Balaban J connectivity index is 4.10. The van der Waals surface area contributed by atoms with Crippen LogP contribution in [0.25, 0.3) is 0 Å². The third kappa shape index (κ3) is 4.44. The van der Waals surface area contributed by atoms with Crippen LogP contribution in [0, 0.1) is 28.6 Å². The van der Waals surface area contributed by atoms with Gasteiger partial charge in [-0.2, -0.15) is 10.5 Å². The molecule has 0 aliphatic heterocycles. The summed E-state index contributed by atoms with van der Waals surface area (Å²) in [5.74, 6) is -0.646. The third-order valence-corrected chi connectivity index (χ3v) is 1.72. The molecule has 0 radical (unpaired) electrons. The summed E-state index contributed by atoms with van der Waals surface area (Å²) in [7, 11) is 1.32. The van der Waals surface area contributed by atoms with E-state index in [0.29, 0.717) is 6.54 Å². The fourth-order valence-corrected chi connectivity index (χ4v) is 1.05. The van der Waals surface area contributed by atoms with E-state index in [2.05, 4.69) is 4.74 Å². The highest BCUT2D eigenvalue weighted by molar-refractivity contribution is 5.72. The number of hydrogen-bond donors (Lipinski definition) is 0. The topological polar surface area (TPSA) is 77.1 Å². The molecule has 0 heterocycles. The molecule has 0 aliphatic rings. The lowest BCUT2D eigenvalue weighted by Crippen LogP contribution is -2.33. The van der Waals surface area contributed by atoms with Crippen LogP contribution in [0.15, 0.2) is 0 Å².